The number of anilines is 1. The van der Waals surface area contributed by atoms with Gasteiger partial charge in [0, 0.05) is 12.2 Å². The van der Waals surface area contributed by atoms with E-state index < -0.39 is 47.7 Å². The van der Waals surface area contributed by atoms with Crippen molar-refractivity contribution in [3.05, 3.63) is 90.5 Å². The second-order valence-corrected chi connectivity index (χ2v) is 12.5. The monoisotopic (exact) mass is 600 g/mol. The predicted octanol–water partition coefficient (Wildman–Crippen LogP) is 5.22. The molecule has 2 aromatic carbocycles. The number of allylic oxidation sites excluding steroid dienone is 1. The molecule has 2 bridgehead atoms. The fraction of sp³-hybridized carbons (Fsp3) is 0.472. The Morgan fingerprint density at radius 1 is 1.09 bits per heavy atom. The molecule has 0 radical (unpaired) electrons. The summed E-state index contributed by atoms with van der Waals surface area (Å²) in [6.45, 7) is 13.5. The summed E-state index contributed by atoms with van der Waals surface area (Å²) >= 11 is 0. The summed E-state index contributed by atoms with van der Waals surface area (Å²) in [5.74, 6) is -2.96. The van der Waals surface area contributed by atoms with E-state index in [1.54, 1.807) is 11.0 Å². The number of ether oxygens (including phenoxy) is 2. The summed E-state index contributed by atoms with van der Waals surface area (Å²) in [6, 6.07) is 13.2. The van der Waals surface area contributed by atoms with Gasteiger partial charge in [-0.05, 0) is 69.6 Å². The largest absolute Gasteiger partial charge is 0.465 e. The smallest absolute Gasteiger partial charge is 0.312 e. The van der Waals surface area contributed by atoms with Crippen molar-refractivity contribution < 1.29 is 29.0 Å². The van der Waals surface area contributed by atoms with Gasteiger partial charge in [0.2, 0.25) is 5.91 Å². The lowest BCUT2D eigenvalue weighted by molar-refractivity contribution is -0.160. The molecule has 3 saturated heterocycles. The third-order valence-electron chi connectivity index (χ3n) is 9.73. The molecule has 2 unspecified atom stereocenters. The average molecular weight is 601 g/mol. The van der Waals surface area contributed by atoms with Crippen LogP contribution < -0.4 is 4.90 Å². The van der Waals surface area contributed by atoms with Gasteiger partial charge in [-0.1, -0.05) is 60.7 Å². The second kappa shape index (κ2) is 12.7. The number of carbonyl (C=O) groups excluding carboxylic acids is 3. The summed E-state index contributed by atoms with van der Waals surface area (Å²) in [4.78, 5) is 46.7. The maximum absolute atomic E-state index is 15.0. The third-order valence-corrected chi connectivity index (χ3v) is 9.73. The first-order valence-electron chi connectivity index (χ1n) is 15.6. The average Bonchev–Trinajstić information content (AvgIpc) is 3.58. The Kier molecular flexibility index (Phi) is 9.14. The lowest BCUT2D eigenvalue weighted by atomic mass is 9.66. The minimum absolute atomic E-state index is 0.215. The Labute approximate surface area is 260 Å². The lowest BCUT2D eigenvalue weighted by Gasteiger charge is -2.40. The molecule has 6 atom stereocenters. The van der Waals surface area contributed by atoms with Gasteiger partial charge in [-0.15, -0.1) is 13.2 Å². The van der Waals surface area contributed by atoms with Crippen LogP contribution in [0.4, 0.5) is 5.69 Å². The van der Waals surface area contributed by atoms with Gasteiger partial charge < -0.3 is 24.4 Å². The minimum Gasteiger partial charge on any atom is -0.465 e. The first-order chi connectivity index (χ1) is 21.1. The van der Waals surface area contributed by atoms with Crippen molar-refractivity contribution >= 4 is 23.5 Å². The number of nitrogens with zero attached hydrogens (tertiary/aromatic N) is 2. The predicted molar refractivity (Wildman–Crippen MR) is 169 cm³/mol. The van der Waals surface area contributed by atoms with Crippen molar-refractivity contribution in [3.63, 3.8) is 0 Å². The van der Waals surface area contributed by atoms with Crippen molar-refractivity contribution in [2.24, 2.45) is 11.8 Å². The number of aliphatic hydroxyl groups is 1. The highest BCUT2D eigenvalue weighted by Crippen LogP contribution is 2.64. The van der Waals surface area contributed by atoms with E-state index >= 15 is 4.79 Å². The van der Waals surface area contributed by atoms with E-state index in [2.05, 4.69) is 13.2 Å². The molecule has 2 amide bonds. The number of rotatable bonds is 13. The summed E-state index contributed by atoms with van der Waals surface area (Å²) in [5, 5.41) is 10.8. The number of para-hydroxylation sites is 1. The molecule has 0 aliphatic carbocycles. The Hall–Kier alpha value is -3.75. The van der Waals surface area contributed by atoms with Gasteiger partial charge in [0.1, 0.15) is 17.6 Å². The molecule has 1 N–H and O–H groups in total. The number of benzene rings is 2. The molecule has 5 rings (SSSR count). The molecule has 8 heteroatoms. The number of carbonyl (C=O) groups is 3. The molecule has 3 heterocycles. The Bertz CT molecular complexity index is 1400. The lowest BCUT2D eigenvalue weighted by Crippen LogP contribution is -2.57. The van der Waals surface area contributed by atoms with Gasteiger partial charge in [0.25, 0.3) is 5.91 Å². The van der Waals surface area contributed by atoms with Crippen LogP contribution in [0.2, 0.25) is 0 Å². The van der Waals surface area contributed by atoms with Crippen LogP contribution in [-0.4, -0.2) is 64.8 Å². The fourth-order valence-corrected chi connectivity index (χ4v) is 7.82. The van der Waals surface area contributed by atoms with E-state index in [1.807, 2.05) is 75.4 Å². The molecule has 0 aromatic heterocycles. The summed E-state index contributed by atoms with van der Waals surface area (Å²) in [5.41, 5.74) is 1.06. The van der Waals surface area contributed by atoms with E-state index in [0.717, 1.165) is 29.7 Å². The van der Waals surface area contributed by atoms with Crippen molar-refractivity contribution in [1.29, 1.82) is 0 Å². The van der Waals surface area contributed by atoms with E-state index in [1.165, 1.54) is 4.90 Å². The van der Waals surface area contributed by atoms with Crippen LogP contribution in [0.25, 0.3) is 0 Å². The van der Waals surface area contributed by atoms with Crippen molar-refractivity contribution in [3.8, 4) is 0 Å². The maximum atomic E-state index is 15.0. The minimum atomic E-state index is -1.26. The first kappa shape index (κ1) is 31.7. The fourth-order valence-electron chi connectivity index (χ4n) is 7.82. The van der Waals surface area contributed by atoms with E-state index in [-0.39, 0.29) is 25.0 Å². The molecule has 234 valence electrons. The number of aliphatic hydroxyl groups excluding tert-OH is 1. The number of hydrogen-bond acceptors (Lipinski definition) is 6. The quantitative estimate of drug-likeness (QED) is 0.192. The molecule has 44 heavy (non-hydrogen) atoms. The zero-order chi connectivity index (χ0) is 31.6. The standard InChI is InChI=1S/C36H44N2O6/c1-6-8-9-13-22-43-34(42)29-28-32(40)38(27(23-39)26-17-11-10-12-18-26)31(36(28)20-19-35(29,5)44-36)33(41)37(21-7-2)30-24(3)15-14-16-25(30)4/h6-7,10-12,14-18,27-29,31,39H,1-2,8-9,13,19-23H2,3-5H3/t27-,28+,29+,31?,35-,36?/m1/s1. The molecule has 1 spiro atoms. The van der Waals surface area contributed by atoms with Crippen molar-refractivity contribution in [1.82, 2.24) is 4.90 Å². The van der Waals surface area contributed by atoms with E-state index in [0.29, 0.717) is 24.8 Å². The van der Waals surface area contributed by atoms with Gasteiger partial charge in [-0.2, -0.15) is 0 Å². The van der Waals surface area contributed by atoms with Crippen LogP contribution in [0.3, 0.4) is 0 Å². The molecule has 3 aliphatic rings. The number of esters is 1. The van der Waals surface area contributed by atoms with Crippen LogP contribution in [0.1, 0.15) is 61.8 Å². The Morgan fingerprint density at radius 3 is 2.43 bits per heavy atom. The zero-order valence-electron chi connectivity index (χ0n) is 26.0. The van der Waals surface area contributed by atoms with Crippen LogP contribution in [0.15, 0.2) is 73.8 Å². The third kappa shape index (κ3) is 5.18. The first-order valence-corrected chi connectivity index (χ1v) is 15.6. The zero-order valence-corrected chi connectivity index (χ0v) is 26.0. The number of amides is 2. The van der Waals surface area contributed by atoms with Crippen molar-refractivity contribution in [2.75, 3.05) is 24.7 Å². The number of unbranched alkanes of at least 4 members (excludes halogenated alkanes) is 2. The van der Waals surface area contributed by atoms with Crippen LogP contribution in [-0.2, 0) is 23.9 Å². The molecule has 2 aromatic rings. The van der Waals surface area contributed by atoms with Gasteiger partial charge in [0.15, 0.2) is 0 Å². The van der Waals surface area contributed by atoms with E-state index in [4.69, 9.17) is 9.47 Å². The summed E-state index contributed by atoms with van der Waals surface area (Å²) < 4.78 is 12.6. The maximum Gasteiger partial charge on any atom is 0.312 e. The molecule has 0 saturated carbocycles. The number of aryl methyl sites for hydroxylation is 2. The Morgan fingerprint density at radius 2 is 1.80 bits per heavy atom. The van der Waals surface area contributed by atoms with Crippen molar-refractivity contribution in [2.45, 2.75) is 76.2 Å². The van der Waals surface area contributed by atoms with Crippen LogP contribution >= 0.6 is 0 Å². The highest BCUT2D eigenvalue weighted by molar-refractivity contribution is 6.05. The van der Waals surface area contributed by atoms with Gasteiger partial charge in [-0.25, -0.2) is 0 Å². The molecule has 3 aliphatic heterocycles. The summed E-state index contributed by atoms with van der Waals surface area (Å²) in [7, 11) is 0. The highest BCUT2D eigenvalue weighted by atomic mass is 16.6. The second-order valence-electron chi connectivity index (χ2n) is 12.5. The Balaban J connectivity index is 1.61. The summed E-state index contributed by atoms with van der Waals surface area (Å²) in [6.07, 6.45) is 6.79. The number of likely N-dealkylation sites (tertiary alicyclic amines) is 1. The topological polar surface area (TPSA) is 96.4 Å². The number of fused-ring (bicyclic) bond motifs is 1. The van der Waals surface area contributed by atoms with Crippen LogP contribution in [0, 0.1) is 25.7 Å². The van der Waals surface area contributed by atoms with Gasteiger partial charge in [-0.3, -0.25) is 14.4 Å². The molecule has 3 fully saturated rings. The van der Waals surface area contributed by atoms with Crippen LogP contribution in [0.5, 0.6) is 0 Å². The SMILES string of the molecule is C=CCCCCOC(=O)[C@@H]1[C@H]2C(=O)N([C@H](CO)c3ccccc3)C(C(=O)N(CC=C)c3c(C)cccc3C)C23CC[C@@]1(C)O3. The van der Waals surface area contributed by atoms with Gasteiger partial charge in [0.05, 0.1) is 30.8 Å². The highest BCUT2D eigenvalue weighted by Gasteiger charge is 2.79. The number of hydrogen-bond donors (Lipinski definition) is 1. The normalized spacial score (nSPS) is 27.6. The van der Waals surface area contributed by atoms with E-state index in [9.17, 15) is 14.7 Å². The molecular formula is C36H44N2O6. The molecular weight excluding hydrogens is 556 g/mol. The molecule has 8 nitrogen and oxygen atoms in total. The van der Waals surface area contributed by atoms with Gasteiger partial charge >= 0.3 is 5.97 Å².